The van der Waals surface area contributed by atoms with Crippen LogP contribution in [0.25, 0.3) is 39.3 Å². The number of rotatable bonds is 4. The van der Waals surface area contributed by atoms with Gasteiger partial charge in [0, 0.05) is 5.56 Å². The fourth-order valence-corrected chi connectivity index (χ4v) is 3.94. The van der Waals surface area contributed by atoms with Crippen LogP contribution < -0.4 is 10.3 Å². The Balaban J connectivity index is 1.83. The van der Waals surface area contributed by atoms with Gasteiger partial charge in [0.2, 0.25) is 5.89 Å². The summed E-state index contributed by atoms with van der Waals surface area (Å²) >= 11 is 0. The summed E-state index contributed by atoms with van der Waals surface area (Å²) in [5.41, 5.74) is -1.17. The number of nitrogens with one attached hydrogen (secondary N) is 1. The van der Waals surface area contributed by atoms with E-state index in [2.05, 4.69) is 15.1 Å². The molecule has 0 aliphatic heterocycles. The topological polar surface area (TPSA) is 106 Å². The lowest BCUT2D eigenvalue weighted by atomic mass is 10.1. The van der Waals surface area contributed by atoms with Crippen molar-refractivity contribution < 1.29 is 27.4 Å². The van der Waals surface area contributed by atoms with E-state index in [1.807, 2.05) is 0 Å². The summed E-state index contributed by atoms with van der Waals surface area (Å²) in [5.74, 6) is 0.197. The maximum absolute atomic E-state index is 13.9. The minimum absolute atomic E-state index is 0.116. The van der Waals surface area contributed by atoms with Crippen molar-refractivity contribution in [3.63, 3.8) is 0 Å². The Morgan fingerprint density at radius 3 is 2.50 bits per heavy atom. The number of ether oxygens (including phenoxy) is 1. The zero-order chi connectivity index (χ0) is 24.2. The summed E-state index contributed by atoms with van der Waals surface area (Å²) < 4.78 is 53.5. The summed E-state index contributed by atoms with van der Waals surface area (Å²) in [6, 6.07) is 11.1. The standard InChI is InChI=1S/C23H17F3N4O4/c1-11-15(21-28-17-14(33-2)9-8-13(10-31)18(17)34-21)22(32)30-20(27-11)16(12-6-4-3-5-7-12)19(29-30)23(24,25)26/h3-9,29,31H,10H2,1-2H3. The molecular weight excluding hydrogens is 453 g/mol. The van der Waals surface area contributed by atoms with E-state index in [9.17, 15) is 23.1 Å². The molecule has 0 unspecified atom stereocenters. The van der Waals surface area contributed by atoms with Gasteiger partial charge in [-0.05, 0) is 24.6 Å². The molecule has 0 radical (unpaired) electrons. The molecule has 0 aliphatic rings. The normalized spacial score (nSPS) is 12.1. The fraction of sp³-hybridized carbons (Fsp3) is 0.174. The molecule has 11 heteroatoms. The van der Waals surface area contributed by atoms with Crippen LogP contribution in [0, 0.1) is 6.92 Å². The molecule has 2 N–H and O–H groups in total. The highest BCUT2D eigenvalue weighted by Gasteiger charge is 2.38. The third kappa shape index (κ3) is 3.24. The zero-order valence-electron chi connectivity index (χ0n) is 17.9. The number of alkyl halides is 3. The number of aliphatic hydroxyl groups is 1. The number of aliphatic hydroxyl groups excluding tert-OH is 1. The molecule has 0 bridgehead atoms. The van der Waals surface area contributed by atoms with Gasteiger partial charge in [0.15, 0.2) is 16.7 Å². The lowest BCUT2D eigenvalue weighted by molar-refractivity contribution is -0.140. The average Bonchev–Trinajstić information content (AvgIpc) is 3.41. The van der Waals surface area contributed by atoms with Crippen molar-refractivity contribution in [3.05, 3.63) is 69.8 Å². The number of benzene rings is 2. The number of aromatic amines is 1. The Morgan fingerprint density at radius 1 is 1.12 bits per heavy atom. The van der Waals surface area contributed by atoms with Crippen molar-refractivity contribution >= 4 is 16.7 Å². The molecule has 174 valence electrons. The highest BCUT2D eigenvalue weighted by Crippen LogP contribution is 2.39. The first kappa shape index (κ1) is 21.7. The molecule has 8 nitrogen and oxygen atoms in total. The fourth-order valence-electron chi connectivity index (χ4n) is 3.94. The van der Waals surface area contributed by atoms with Crippen LogP contribution in [0.4, 0.5) is 13.2 Å². The Kier molecular flexibility index (Phi) is 4.94. The second kappa shape index (κ2) is 7.73. The van der Waals surface area contributed by atoms with Crippen molar-refractivity contribution in [1.29, 1.82) is 0 Å². The van der Waals surface area contributed by atoms with Crippen LogP contribution in [0.3, 0.4) is 0 Å². The van der Waals surface area contributed by atoms with Crippen LogP contribution in [0.15, 0.2) is 51.7 Å². The van der Waals surface area contributed by atoms with Crippen molar-refractivity contribution in [2.24, 2.45) is 0 Å². The van der Waals surface area contributed by atoms with E-state index in [4.69, 9.17) is 9.15 Å². The zero-order valence-corrected chi connectivity index (χ0v) is 17.9. The van der Waals surface area contributed by atoms with Gasteiger partial charge < -0.3 is 14.3 Å². The van der Waals surface area contributed by atoms with E-state index >= 15 is 0 Å². The van der Waals surface area contributed by atoms with E-state index in [1.165, 1.54) is 26.2 Å². The molecule has 0 amide bonds. The van der Waals surface area contributed by atoms with Crippen LogP contribution in [-0.2, 0) is 12.8 Å². The summed E-state index contributed by atoms with van der Waals surface area (Å²) in [7, 11) is 1.43. The molecule has 0 saturated carbocycles. The largest absolute Gasteiger partial charge is 0.494 e. The Labute approximate surface area is 189 Å². The van der Waals surface area contributed by atoms with Crippen LogP contribution in [0.1, 0.15) is 17.0 Å². The number of aromatic nitrogens is 4. The first-order chi connectivity index (χ1) is 16.2. The van der Waals surface area contributed by atoms with E-state index in [-0.39, 0.29) is 51.6 Å². The molecule has 5 aromatic rings. The van der Waals surface area contributed by atoms with Gasteiger partial charge in [0.05, 0.1) is 25.0 Å². The first-order valence-corrected chi connectivity index (χ1v) is 10.1. The third-order valence-corrected chi connectivity index (χ3v) is 5.50. The van der Waals surface area contributed by atoms with E-state index in [0.717, 1.165) is 4.52 Å². The molecule has 5 rings (SSSR count). The molecule has 0 aliphatic carbocycles. The number of nitrogens with zero attached hydrogens (tertiary/aromatic N) is 3. The molecule has 0 atom stereocenters. The number of fused-ring (bicyclic) bond motifs is 2. The monoisotopic (exact) mass is 470 g/mol. The van der Waals surface area contributed by atoms with E-state index in [1.54, 1.807) is 30.3 Å². The molecule has 0 saturated heterocycles. The number of H-pyrrole nitrogens is 1. The quantitative estimate of drug-likeness (QED) is 0.405. The number of halogens is 3. The number of hydrogen-bond acceptors (Lipinski definition) is 6. The van der Waals surface area contributed by atoms with Gasteiger partial charge in [-0.2, -0.15) is 17.7 Å². The molecule has 0 fully saturated rings. The van der Waals surface area contributed by atoms with Crippen molar-refractivity contribution in [2.75, 3.05) is 7.11 Å². The smallest absolute Gasteiger partial charge is 0.433 e. The summed E-state index contributed by atoms with van der Waals surface area (Å²) in [6.07, 6.45) is -4.76. The number of methoxy groups -OCH3 is 1. The molecule has 34 heavy (non-hydrogen) atoms. The van der Waals surface area contributed by atoms with Crippen molar-refractivity contribution in [3.8, 4) is 28.3 Å². The maximum Gasteiger partial charge on any atom is 0.433 e. The van der Waals surface area contributed by atoms with Crippen LogP contribution in [0.2, 0.25) is 0 Å². The van der Waals surface area contributed by atoms with Gasteiger partial charge in [-0.25, -0.2) is 9.97 Å². The Bertz CT molecular complexity index is 1560. The molecule has 3 heterocycles. The van der Waals surface area contributed by atoms with Crippen molar-refractivity contribution in [2.45, 2.75) is 19.7 Å². The predicted octanol–water partition coefficient (Wildman–Crippen LogP) is 4.33. The summed E-state index contributed by atoms with van der Waals surface area (Å²) in [4.78, 5) is 22.1. The van der Waals surface area contributed by atoms with Gasteiger partial charge >= 0.3 is 6.18 Å². The lowest BCUT2D eigenvalue weighted by Crippen LogP contribution is -2.20. The second-order valence-corrected chi connectivity index (χ2v) is 7.54. The van der Waals surface area contributed by atoms with Gasteiger partial charge in [-0.15, -0.1) is 0 Å². The molecule has 3 aromatic heterocycles. The van der Waals surface area contributed by atoms with Crippen molar-refractivity contribution in [1.82, 2.24) is 19.6 Å². The number of aryl methyl sites for hydroxylation is 1. The molecule has 0 spiro atoms. The highest BCUT2D eigenvalue weighted by molar-refractivity contribution is 5.86. The summed E-state index contributed by atoms with van der Waals surface area (Å²) in [5, 5.41) is 11.8. The van der Waals surface area contributed by atoms with Gasteiger partial charge in [0.1, 0.15) is 17.0 Å². The minimum atomic E-state index is -4.76. The van der Waals surface area contributed by atoms with Crippen LogP contribution >= 0.6 is 0 Å². The SMILES string of the molecule is COc1ccc(CO)c2oc(-c3c(C)nc4c(-c5ccccc5)c(C(F)(F)F)[nH]n4c3=O)nc12. The predicted molar refractivity (Wildman–Crippen MR) is 116 cm³/mol. The number of oxazole rings is 1. The van der Waals surface area contributed by atoms with E-state index < -0.39 is 17.4 Å². The number of hydrogen-bond donors (Lipinski definition) is 2. The lowest BCUT2D eigenvalue weighted by Gasteiger charge is -2.07. The van der Waals surface area contributed by atoms with Gasteiger partial charge in [0.25, 0.3) is 5.56 Å². The average molecular weight is 470 g/mol. The summed E-state index contributed by atoms with van der Waals surface area (Å²) in [6.45, 7) is 1.14. The third-order valence-electron chi connectivity index (χ3n) is 5.50. The Morgan fingerprint density at radius 2 is 1.85 bits per heavy atom. The molecular formula is C23H17F3N4O4. The van der Waals surface area contributed by atoms with Crippen LogP contribution in [0.5, 0.6) is 5.75 Å². The second-order valence-electron chi connectivity index (χ2n) is 7.54. The van der Waals surface area contributed by atoms with Crippen LogP contribution in [-0.4, -0.2) is 31.8 Å². The van der Waals surface area contributed by atoms with Gasteiger partial charge in [-0.3, -0.25) is 9.89 Å². The Hall–Kier alpha value is -4.12. The molecule has 2 aromatic carbocycles. The van der Waals surface area contributed by atoms with Gasteiger partial charge in [-0.1, -0.05) is 30.3 Å². The van der Waals surface area contributed by atoms with E-state index in [0.29, 0.717) is 11.3 Å². The minimum Gasteiger partial charge on any atom is -0.494 e. The maximum atomic E-state index is 13.9. The first-order valence-electron chi connectivity index (χ1n) is 10.1. The highest BCUT2D eigenvalue weighted by atomic mass is 19.4.